The molecular weight excluding hydrogens is 380 g/mol. The smallest absolute Gasteiger partial charge is 0.337 e. The molecule has 11 nitrogen and oxygen atoms in total. The molecule has 0 amide bonds. The number of epoxide rings is 1. The molecular formula is C17H24O11. The number of carbonyl (C=O) groups excluding carboxylic acids is 1. The number of aliphatic hydroxyl groups is 5. The van der Waals surface area contributed by atoms with E-state index in [1.54, 1.807) is 0 Å². The van der Waals surface area contributed by atoms with Crippen molar-refractivity contribution in [3.05, 3.63) is 11.8 Å². The average Bonchev–Trinajstić information content (AvgIpc) is 3.44. The van der Waals surface area contributed by atoms with Gasteiger partial charge in [-0.3, -0.25) is 0 Å². The summed E-state index contributed by atoms with van der Waals surface area (Å²) in [4.78, 5) is 12.1. The highest BCUT2D eigenvalue weighted by Crippen LogP contribution is 2.58. The fourth-order valence-corrected chi connectivity index (χ4v) is 4.47. The Kier molecular flexibility index (Phi) is 4.91. The summed E-state index contributed by atoms with van der Waals surface area (Å²) in [5.41, 5.74) is -1.20. The van der Waals surface area contributed by atoms with Crippen molar-refractivity contribution in [1.29, 1.82) is 0 Å². The Hall–Kier alpha value is -1.31. The minimum absolute atomic E-state index is 0.200. The molecule has 4 aliphatic rings. The highest BCUT2D eigenvalue weighted by atomic mass is 16.8. The molecule has 4 rings (SSSR count). The predicted molar refractivity (Wildman–Crippen MR) is 86.1 cm³/mol. The zero-order valence-electron chi connectivity index (χ0n) is 15.2. The third kappa shape index (κ3) is 2.85. The van der Waals surface area contributed by atoms with Gasteiger partial charge in [0, 0.05) is 5.92 Å². The van der Waals surface area contributed by atoms with Crippen molar-refractivity contribution >= 4 is 5.97 Å². The number of carbonyl (C=O) groups is 1. The second-order valence-corrected chi connectivity index (χ2v) is 7.70. The zero-order valence-corrected chi connectivity index (χ0v) is 15.2. The maximum atomic E-state index is 12.1. The molecule has 3 heterocycles. The van der Waals surface area contributed by atoms with Gasteiger partial charge in [0.25, 0.3) is 0 Å². The molecule has 11 heteroatoms. The summed E-state index contributed by atoms with van der Waals surface area (Å²) in [6, 6.07) is 0. The van der Waals surface area contributed by atoms with Gasteiger partial charge in [0.2, 0.25) is 6.29 Å². The maximum absolute atomic E-state index is 12.1. The Morgan fingerprint density at radius 3 is 2.54 bits per heavy atom. The summed E-state index contributed by atoms with van der Waals surface area (Å²) >= 11 is 0. The van der Waals surface area contributed by atoms with Crippen LogP contribution in [0.15, 0.2) is 11.8 Å². The second-order valence-electron chi connectivity index (χ2n) is 7.70. The van der Waals surface area contributed by atoms with Crippen LogP contribution in [0.5, 0.6) is 0 Å². The van der Waals surface area contributed by atoms with Gasteiger partial charge in [-0.2, -0.15) is 0 Å². The molecule has 0 aromatic rings. The third-order valence-corrected chi connectivity index (χ3v) is 6.04. The van der Waals surface area contributed by atoms with E-state index >= 15 is 0 Å². The summed E-state index contributed by atoms with van der Waals surface area (Å²) < 4.78 is 26.8. The zero-order chi connectivity index (χ0) is 20.4. The van der Waals surface area contributed by atoms with Crippen LogP contribution < -0.4 is 0 Å². The number of aliphatic hydroxyl groups excluding tert-OH is 4. The summed E-state index contributed by atoms with van der Waals surface area (Å²) in [6.07, 6.45) is -8.25. The fourth-order valence-electron chi connectivity index (χ4n) is 4.47. The summed E-state index contributed by atoms with van der Waals surface area (Å²) in [5, 5.41) is 50.2. The largest absolute Gasteiger partial charge is 0.471 e. The first-order valence-corrected chi connectivity index (χ1v) is 9.00. The van der Waals surface area contributed by atoms with Gasteiger partial charge in [0.05, 0.1) is 37.6 Å². The Morgan fingerprint density at radius 2 is 1.89 bits per heavy atom. The van der Waals surface area contributed by atoms with E-state index in [0.29, 0.717) is 0 Å². The second kappa shape index (κ2) is 6.89. The number of rotatable bonds is 4. The SMILES string of the molecule is COC(=O)C1=COC(OC2OC(CO)C(O)C(O)C2O)C2C1C1OC1C2(C)O. The number of methoxy groups -OCH3 is 1. The highest BCUT2D eigenvalue weighted by molar-refractivity contribution is 5.89. The monoisotopic (exact) mass is 404 g/mol. The molecule has 5 N–H and O–H groups in total. The number of hydrogen-bond donors (Lipinski definition) is 5. The lowest BCUT2D eigenvalue weighted by Crippen LogP contribution is -2.61. The van der Waals surface area contributed by atoms with E-state index in [2.05, 4.69) is 0 Å². The van der Waals surface area contributed by atoms with Crippen LogP contribution in [-0.4, -0.2) is 100 Å². The van der Waals surface area contributed by atoms with Gasteiger partial charge in [-0.15, -0.1) is 0 Å². The quantitative estimate of drug-likeness (QED) is 0.239. The molecule has 158 valence electrons. The lowest BCUT2D eigenvalue weighted by molar-refractivity contribution is -0.348. The number of hydrogen-bond acceptors (Lipinski definition) is 11. The van der Waals surface area contributed by atoms with E-state index in [4.69, 9.17) is 23.7 Å². The van der Waals surface area contributed by atoms with Gasteiger partial charge < -0.3 is 49.2 Å². The first kappa shape index (κ1) is 20.0. The van der Waals surface area contributed by atoms with Gasteiger partial charge in [0.1, 0.15) is 36.1 Å². The summed E-state index contributed by atoms with van der Waals surface area (Å²) in [5.74, 6) is -1.92. The number of esters is 1. The van der Waals surface area contributed by atoms with Crippen LogP contribution in [0.2, 0.25) is 0 Å². The molecule has 3 aliphatic heterocycles. The van der Waals surface area contributed by atoms with Crippen molar-refractivity contribution in [3.63, 3.8) is 0 Å². The first-order chi connectivity index (χ1) is 13.2. The average molecular weight is 404 g/mol. The lowest BCUT2D eigenvalue weighted by Gasteiger charge is -2.44. The molecule has 11 unspecified atom stereocenters. The van der Waals surface area contributed by atoms with Gasteiger partial charge in [-0.25, -0.2) is 4.79 Å². The van der Waals surface area contributed by atoms with Crippen LogP contribution in [0.4, 0.5) is 0 Å². The van der Waals surface area contributed by atoms with Gasteiger partial charge >= 0.3 is 5.97 Å². The molecule has 0 spiro atoms. The minimum atomic E-state index is -1.62. The fraction of sp³-hybridized carbons (Fsp3) is 0.824. The van der Waals surface area contributed by atoms with Crippen LogP contribution >= 0.6 is 0 Å². The first-order valence-electron chi connectivity index (χ1n) is 9.00. The summed E-state index contributed by atoms with van der Waals surface area (Å²) in [7, 11) is 1.23. The van der Waals surface area contributed by atoms with E-state index in [0.717, 1.165) is 0 Å². The Morgan fingerprint density at radius 1 is 1.18 bits per heavy atom. The highest BCUT2D eigenvalue weighted by Gasteiger charge is 2.73. The molecule has 3 fully saturated rings. The standard InChI is InChI=1S/C17H24O11/c1-17(23)8-7(12-13(17)27-12)5(14(22)24-2)4-25-15(8)28-16-11(21)10(20)9(19)6(3-18)26-16/h4,6-13,15-16,18-21,23H,3H2,1-2H3. The van der Waals surface area contributed by atoms with Crippen molar-refractivity contribution in [2.24, 2.45) is 11.8 Å². The van der Waals surface area contributed by atoms with Crippen LogP contribution in [0, 0.1) is 11.8 Å². The molecule has 2 saturated heterocycles. The number of fused-ring (bicyclic) bond motifs is 3. The van der Waals surface area contributed by atoms with E-state index in [1.807, 2.05) is 0 Å². The van der Waals surface area contributed by atoms with E-state index in [-0.39, 0.29) is 5.57 Å². The molecule has 1 saturated carbocycles. The van der Waals surface area contributed by atoms with Crippen molar-refractivity contribution in [3.8, 4) is 0 Å². The van der Waals surface area contributed by atoms with Crippen molar-refractivity contribution in [2.75, 3.05) is 13.7 Å². The Balaban J connectivity index is 1.58. The molecule has 0 radical (unpaired) electrons. The Labute approximate surface area is 160 Å². The molecule has 0 bridgehead atoms. The molecule has 0 aromatic carbocycles. The van der Waals surface area contributed by atoms with E-state index in [9.17, 15) is 30.3 Å². The van der Waals surface area contributed by atoms with Crippen molar-refractivity contribution < 1.29 is 54.0 Å². The molecule has 28 heavy (non-hydrogen) atoms. The van der Waals surface area contributed by atoms with Crippen LogP contribution in [0.3, 0.4) is 0 Å². The Bertz CT molecular complexity index is 661. The van der Waals surface area contributed by atoms with E-state index in [1.165, 1.54) is 20.3 Å². The normalized spacial score (nSPS) is 52.2. The van der Waals surface area contributed by atoms with Gasteiger partial charge in [-0.1, -0.05) is 0 Å². The molecule has 1 aliphatic carbocycles. The minimum Gasteiger partial charge on any atom is -0.471 e. The van der Waals surface area contributed by atoms with Crippen LogP contribution in [0.1, 0.15) is 6.92 Å². The predicted octanol–water partition coefficient (Wildman–Crippen LogP) is -3.02. The third-order valence-electron chi connectivity index (χ3n) is 6.04. The van der Waals surface area contributed by atoms with Crippen LogP contribution in [-0.2, 0) is 28.5 Å². The van der Waals surface area contributed by atoms with Crippen LogP contribution in [0.25, 0.3) is 0 Å². The molecule has 0 aromatic heterocycles. The maximum Gasteiger partial charge on any atom is 0.337 e. The van der Waals surface area contributed by atoms with Gasteiger partial charge in [0.15, 0.2) is 6.29 Å². The van der Waals surface area contributed by atoms with E-state index < -0.39 is 79.2 Å². The lowest BCUT2D eigenvalue weighted by atomic mass is 9.80. The topological polar surface area (TPSA) is 168 Å². The van der Waals surface area contributed by atoms with Crippen molar-refractivity contribution in [1.82, 2.24) is 0 Å². The van der Waals surface area contributed by atoms with Crippen molar-refractivity contribution in [2.45, 2.75) is 61.7 Å². The summed E-state index contributed by atoms with van der Waals surface area (Å²) in [6.45, 7) is 0.931. The number of ether oxygens (including phenoxy) is 5. The van der Waals surface area contributed by atoms with Gasteiger partial charge in [-0.05, 0) is 6.92 Å². The molecule has 11 atom stereocenters.